The Morgan fingerprint density at radius 2 is 2.17 bits per heavy atom. The van der Waals surface area contributed by atoms with Crippen molar-refractivity contribution in [3.63, 3.8) is 0 Å². The molecule has 0 radical (unpaired) electrons. The van der Waals surface area contributed by atoms with E-state index >= 15 is 0 Å². The van der Waals surface area contributed by atoms with Crippen LogP contribution in [0.3, 0.4) is 0 Å². The summed E-state index contributed by atoms with van der Waals surface area (Å²) in [5.41, 5.74) is 11.9. The van der Waals surface area contributed by atoms with E-state index in [4.69, 9.17) is 5.73 Å². The molecular formula is C20H33N3O. The van der Waals surface area contributed by atoms with Crippen molar-refractivity contribution in [1.82, 2.24) is 10.2 Å². The minimum Gasteiger partial charge on any atom is -0.370 e. The summed E-state index contributed by atoms with van der Waals surface area (Å²) in [5, 5.41) is 2.92. The average molecular weight is 332 g/mol. The number of hydrogen-bond donors (Lipinski definition) is 2. The summed E-state index contributed by atoms with van der Waals surface area (Å²) in [4.78, 5) is 13.6. The number of nitrogens with zero attached hydrogens (tertiary/aromatic N) is 1. The molecule has 1 aliphatic carbocycles. The minimum absolute atomic E-state index is 0.0316. The fourth-order valence-corrected chi connectivity index (χ4v) is 3.74. The first-order valence-electron chi connectivity index (χ1n) is 9.16. The lowest BCUT2D eigenvalue weighted by atomic mass is 9.75. The normalized spacial score (nSPS) is 21.5. The van der Waals surface area contributed by atoms with Gasteiger partial charge in [0.05, 0.1) is 0 Å². The van der Waals surface area contributed by atoms with E-state index in [-0.39, 0.29) is 17.4 Å². The number of carbonyl (C=O) groups excluding carboxylic acids is 1. The molecule has 0 saturated heterocycles. The largest absolute Gasteiger partial charge is 0.370 e. The van der Waals surface area contributed by atoms with Gasteiger partial charge in [0.15, 0.2) is 0 Å². The Bertz CT molecular complexity index is 582. The Balaban J connectivity index is 2.38. The van der Waals surface area contributed by atoms with Crippen molar-refractivity contribution < 1.29 is 4.79 Å². The van der Waals surface area contributed by atoms with Crippen molar-refractivity contribution in [3.05, 3.63) is 34.6 Å². The molecule has 0 aromatic heterocycles. The highest BCUT2D eigenvalue weighted by atomic mass is 16.1. The molecule has 0 fully saturated rings. The number of nitrogens with one attached hydrogen (secondary N) is 1. The van der Waals surface area contributed by atoms with E-state index in [1.165, 1.54) is 22.4 Å². The monoisotopic (exact) mass is 331 g/mol. The van der Waals surface area contributed by atoms with E-state index in [2.05, 4.69) is 50.1 Å². The van der Waals surface area contributed by atoms with Crippen molar-refractivity contribution in [2.75, 3.05) is 19.6 Å². The van der Waals surface area contributed by atoms with Crippen LogP contribution in [-0.2, 0) is 4.79 Å². The van der Waals surface area contributed by atoms with Crippen molar-refractivity contribution >= 4 is 5.91 Å². The first-order valence-corrected chi connectivity index (χ1v) is 9.16. The van der Waals surface area contributed by atoms with Crippen LogP contribution in [0.1, 0.15) is 53.9 Å². The van der Waals surface area contributed by atoms with Crippen LogP contribution in [0.5, 0.6) is 0 Å². The molecule has 3 N–H and O–H groups in total. The quantitative estimate of drug-likeness (QED) is 0.814. The molecule has 1 amide bonds. The van der Waals surface area contributed by atoms with E-state index in [0.29, 0.717) is 6.54 Å². The first kappa shape index (κ1) is 18.8. The zero-order valence-electron chi connectivity index (χ0n) is 15.9. The van der Waals surface area contributed by atoms with Crippen molar-refractivity contribution in [2.45, 2.75) is 59.9 Å². The summed E-state index contributed by atoms with van der Waals surface area (Å²) in [6.07, 6.45) is 7.84. The molecule has 0 spiro atoms. The van der Waals surface area contributed by atoms with Crippen LogP contribution >= 0.6 is 0 Å². The lowest BCUT2D eigenvalue weighted by Gasteiger charge is -2.41. The third-order valence-electron chi connectivity index (χ3n) is 5.32. The predicted molar refractivity (Wildman–Crippen MR) is 100 cm³/mol. The van der Waals surface area contributed by atoms with Gasteiger partial charge in [0.2, 0.25) is 5.91 Å². The van der Waals surface area contributed by atoms with E-state index in [1.54, 1.807) is 6.92 Å². The van der Waals surface area contributed by atoms with E-state index in [0.717, 1.165) is 32.4 Å². The van der Waals surface area contributed by atoms with Gasteiger partial charge in [0.1, 0.15) is 0 Å². The van der Waals surface area contributed by atoms with Crippen LogP contribution in [-0.4, -0.2) is 36.5 Å². The summed E-state index contributed by atoms with van der Waals surface area (Å²) >= 11 is 0. The smallest absolute Gasteiger partial charge is 0.216 e. The molecule has 4 heteroatoms. The van der Waals surface area contributed by atoms with Crippen LogP contribution in [0.2, 0.25) is 0 Å². The highest BCUT2D eigenvalue weighted by Gasteiger charge is 2.33. The molecule has 2 rings (SSSR count). The molecule has 134 valence electrons. The van der Waals surface area contributed by atoms with Crippen LogP contribution in [0.25, 0.3) is 0 Å². The Morgan fingerprint density at radius 1 is 1.46 bits per heavy atom. The maximum absolute atomic E-state index is 11.2. The SMILES string of the molecule is CCC1=CCC2=C(C=C1C(C)N)N(CCNC(C)=O)CCC2(C)C. The second kappa shape index (κ2) is 7.56. The van der Waals surface area contributed by atoms with E-state index in [9.17, 15) is 4.79 Å². The summed E-state index contributed by atoms with van der Waals surface area (Å²) in [5.74, 6) is 0.0316. The average Bonchev–Trinajstić information content (AvgIpc) is 2.70. The number of hydrogen-bond acceptors (Lipinski definition) is 3. The van der Waals surface area contributed by atoms with Crippen molar-refractivity contribution in [1.29, 1.82) is 0 Å². The van der Waals surface area contributed by atoms with Gasteiger partial charge in [-0.3, -0.25) is 4.79 Å². The third-order valence-corrected chi connectivity index (χ3v) is 5.32. The second-order valence-electron chi connectivity index (χ2n) is 7.64. The van der Waals surface area contributed by atoms with Gasteiger partial charge in [0, 0.05) is 38.3 Å². The summed E-state index contributed by atoms with van der Waals surface area (Å²) in [6.45, 7) is 13.1. The molecule has 0 saturated carbocycles. The molecule has 1 heterocycles. The van der Waals surface area contributed by atoms with Crippen molar-refractivity contribution in [3.8, 4) is 0 Å². The number of amides is 1. The van der Waals surface area contributed by atoms with Gasteiger partial charge in [0.25, 0.3) is 0 Å². The number of allylic oxidation sites excluding steroid dienone is 3. The molecule has 4 nitrogen and oxygen atoms in total. The lowest BCUT2D eigenvalue weighted by molar-refractivity contribution is -0.119. The van der Waals surface area contributed by atoms with Crippen LogP contribution in [0.4, 0.5) is 0 Å². The fourth-order valence-electron chi connectivity index (χ4n) is 3.74. The zero-order chi connectivity index (χ0) is 17.9. The highest BCUT2D eigenvalue weighted by molar-refractivity contribution is 5.72. The summed E-state index contributed by atoms with van der Waals surface area (Å²) < 4.78 is 0. The Kier molecular flexibility index (Phi) is 5.92. The molecule has 0 bridgehead atoms. The maximum atomic E-state index is 11.2. The van der Waals surface area contributed by atoms with Crippen LogP contribution in [0.15, 0.2) is 34.6 Å². The minimum atomic E-state index is 0.0316. The maximum Gasteiger partial charge on any atom is 0.216 e. The first-order chi connectivity index (χ1) is 11.3. The Labute approximate surface area is 146 Å². The van der Waals surface area contributed by atoms with Gasteiger partial charge >= 0.3 is 0 Å². The van der Waals surface area contributed by atoms with Gasteiger partial charge in [-0.05, 0) is 54.4 Å². The predicted octanol–water partition coefficient (Wildman–Crippen LogP) is 3.12. The lowest BCUT2D eigenvalue weighted by Crippen LogP contribution is -2.40. The Morgan fingerprint density at radius 3 is 2.75 bits per heavy atom. The van der Waals surface area contributed by atoms with E-state index < -0.39 is 0 Å². The number of carbonyl (C=O) groups is 1. The molecule has 1 unspecified atom stereocenters. The fraction of sp³-hybridized carbons (Fsp3) is 0.650. The standard InChI is InChI=1S/C20H33N3O/c1-6-16-7-8-18-19(13-17(16)14(2)21)23(11-9-20(18,4)5)12-10-22-15(3)24/h7,13-14H,6,8-12,21H2,1-5H3,(H,22,24). The zero-order valence-corrected chi connectivity index (χ0v) is 15.9. The van der Waals surface area contributed by atoms with Crippen LogP contribution in [0, 0.1) is 5.41 Å². The van der Waals surface area contributed by atoms with Gasteiger partial charge in [-0.1, -0.05) is 26.8 Å². The van der Waals surface area contributed by atoms with Gasteiger partial charge in [-0.15, -0.1) is 0 Å². The summed E-state index contributed by atoms with van der Waals surface area (Å²) in [6, 6.07) is 0.0327. The van der Waals surface area contributed by atoms with Crippen molar-refractivity contribution in [2.24, 2.45) is 11.1 Å². The molecule has 24 heavy (non-hydrogen) atoms. The molecular weight excluding hydrogens is 298 g/mol. The molecule has 1 atom stereocenters. The van der Waals surface area contributed by atoms with Gasteiger partial charge < -0.3 is 16.0 Å². The van der Waals surface area contributed by atoms with E-state index in [1.807, 2.05) is 0 Å². The van der Waals surface area contributed by atoms with Crippen LogP contribution < -0.4 is 11.1 Å². The molecule has 1 aliphatic heterocycles. The Hall–Kier alpha value is -1.55. The number of rotatable bonds is 5. The molecule has 0 aromatic rings. The second-order valence-corrected chi connectivity index (χ2v) is 7.64. The van der Waals surface area contributed by atoms with Gasteiger partial charge in [-0.2, -0.15) is 0 Å². The van der Waals surface area contributed by atoms with Gasteiger partial charge in [-0.25, -0.2) is 0 Å². The number of nitrogens with two attached hydrogens (primary N) is 1. The summed E-state index contributed by atoms with van der Waals surface area (Å²) in [7, 11) is 0. The molecule has 2 aliphatic rings. The molecule has 0 aromatic carbocycles. The highest BCUT2D eigenvalue weighted by Crippen LogP contribution is 2.43. The topological polar surface area (TPSA) is 58.4 Å². The third kappa shape index (κ3) is 4.10.